The average molecular weight is 310 g/mol. The van der Waals surface area contributed by atoms with E-state index in [-0.39, 0.29) is 11.9 Å². The minimum Gasteiger partial charge on any atom is -0.368 e. The number of carbonyl (C=O) groups excluding carboxylic acids is 1. The zero-order valence-electron chi connectivity index (χ0n) is 12.8. The monoisotopic (exact) mass is 309 g/mol. The molecule has 1 heterocycles. The van der Waals surface area contributed by atoms with Gasteiger partial charge in [-0.15, -0.1) is 0 Å². The van der Waals surface area contributed by atoms with Crippen molar-refractivity contribution in [3.05, 3.63) is 29.3 Å². The van der Waals surface area contributed by atoms with Crippen LogP contribution in [-0.2, 0) is 4.79 Å². The molecule has 116 valence electrons. The number of hydrogen-bond acceptors (Lipinski definition) is 3. The number of benzene rings is 1. The summed E-state index contributed by atoms with van der Waals surface area (Å²) in [6.07, 6.45) is 0.746. The maximum absolute atomic E-state index is 12.3. The lowest BCUT2D eigenvalue weighted by molar-refractivity contribution is -0.133. The fourth-order valence-corrected chi connectivity index (χ4v) is 2.81. The van der Waals surface area contributed by atoms with Crippen molar-refractivity contribution in [3.8, 4) is 0 Å². The Labute approximate surface area is 131 Å². The van der Waals surface area contributed by atoms with Gasteiger partial charge in [0.05, 0.1) is 6.04 Å². The first kappa shape index (κ1) is 16.1. The summed E-state index contributed by atoms with van der Waals surface area (Å²) in [7, 11) is 0. The molecule has 0 aromatic heterocycles. The molecule has 1 saturated heterocycles. The number of piperazine rings is 1. The molecule has 2 N–H and O–H groups in total. The van der Waals surface area contributed by atoms with Crippen LogP contribution in [0.5, 0.6) is 0 Å². The van der Waals surface area contributed by atoms with E-state index in [0.717, 1.165) is 43.3 Å². The van der Waals surface area contributed by atoms with Gasteiger partial charge >= 0.3 is 0 Å². The van der Waals surface area contributed by atoms with Gasteiger partial charge in [0.1, 0.15) is 0 Å². The molecule has 1 aliphatic rings. The lowest BCUT2D eigenvalue weighted by Crippen LogP contribution is -2.53. The summed E-state index contributed by atoms with van der Waals surface area (Å²) in [5.74, 6) is 0.527. The highest BCUT2D eigenvalue weighted by molar-refractivity contribution is 6.30. The Hall–Kier alpha value is -1.26. The second-order valence-electron chi connectivity index (χ2n) is 6.02. The molecule has 1 atom stereocenters. The number of rotatable bonds is 4. The SMILES string of the molecule is CC(C)C[C@@H](N)C(=O)N1CCN(c2ccc(Cl)cc2)CC1. The van der Waals surface area contributed by atoms with Gasteiger partial charge in [-0.1, -0.05) is 25.4 Å². The van der Waals surface area contributed by atoms with Gasteiger partial charge in [0.2, 0.25) is 5.91 Å². The van der Waals surface area contributed by atoms with Gasteiger partial charge in [-0.2, -0.15) is 0 Å². The molecule has 1 aromatic carbocycles. The third kappa shape index (κ3) is 4.35. The van der Waals surface area contributed by atoms with E-state index in [1.54, 1.807) is 0 Å². The van der Waals surface area contributed by atoms with Gasteiger partial charge in [0, 0.05) is 36.9 Å². The molecule has 1 aliphatic heterocycles. The zero-order chi connectivity index (χ0) is 15.4. The minimum absolute atomic E-state index is 0.0828. The van der Waals surface area contributed by atoms with Crippen molar-refractivity contribution in [2.24, 2.45) is 11.7 Å². The molecule has 0 saturated carbocycles. The molecule has 0 bridgehead atoms. The van der Waals surface area contributed by atoms with Crippen molar-refractivity contribution in [2.45, 2.75) is 26.3 Å². The smallest absolute Gasteiger partial charge is 0.239 e. The summed E-state index contributed by atoms with van der Waals surface area (Å²) in [6.45, 7) is 7.31. The van der Waals surface area contributed by atoms with Gasteiger partial charge in [-0.3, -0.25) is 4.79 Å². The molecule has 0 unspecified atom stereocenters. The van der Waals surface area contributed by atoms with Gasteiger partial charge in [-0.05, 0) is 36.6 Å². The Morgan fingerprint density at radius 3 is 2.29 bits per heavy atom. The van der Waals surface area contributed by atoms with Crippen LogP contribution >= 0.6 is 11.6 Å². The van der Waals surface area contributed by atoms with Crippen LogP contribution in [0.25, 0.3) is 0 Å². The molecular weight excluding hydrogens is 286 g/mol. The lowest BCUT2D eigenvalue weighted by atomic mass is 10.0. The van der Waals surface area contributed by atoms with Gasteiger partial charge in [0.25, 0.3) is 0 Å². The molecular formula is C16H24ClN3O. The van der Waals surface area contributed by atoms with E-state index in [1.165, 1.54) is 0 Å². The highest BCUT2D eigenvalue weighted by Gasteiger charge is 2.25. The number of amides is 1. The molecule has 1 fully saturated rings. The van der Waals surface area contributed by atoms with E-state index < -0.39 is 0 Å². The Morgan fingerprint density at radius 2 is 1.76 bits per heavy atom. The van der Waals surface area contributed by atoms with Crippen molar-refractivity contribution in [1.29, 1.82) is 0 Å². The quantitative estimate of drug-likeness (QED) is 0.929. The van der Waals surface area contributed by atoms with Crippen LogP contribution in [0.15, 0.2) is 24.3 Å². The summed E-state index contributed by atoms with van der Waals surface area (Å²) in [5.41, 5.74) is 7.14. The molecule has 0 aliphatic carbocycles. The molecule has 0 spiro atoms. The number of nitrogens with zero attached hydrogens (tertiary/aromatic N) is 2. The van der Waals surface area contributed by atoms with E-state index in [4.69, 9.17) is 17.3 Å². The topological polar surface area (TPSA) is 49.6 Å². The third-order valence-electron chi connectivity index (χ3n) is 3.83. The van der Waals surface area contributed by atoms with Gasteiger partial charge in [0.15, 0.2) is 0 Å². The Kier molecular flexibility index (Phi) is 5.48. The second-order valence-corrected chi connectivity index (χ2v) is 6.46. The molecule has 1 amide bonds. The van der Waals surface area contributed by atoms with Gasteiger partial charge in [-0.25, -0.2) is 0 Å². The van der Waals surface area contributed by atoms with E-state index in [0.29, 0.717) is 5.92 Å². The summed E-state index contributed by atoms with van der Waals surface area (Å²) in [5, 5.41) is 0.743. The van der Waals surface area contributed by atoms with Crippen LogP contribution in [0.3, 0.4) is 0 Å². The highest BCUT2D eigenvalue weighted by atomic mass is 35.5. The first-order chi connectivity index (χ1) is 9.97. The Balaban J connectivity index is 1.88. The maximum atomic E-state index is 12.3. The summed E-state index contributed by atoms with van der Waals surface area (Å²) < 4.78 is 0. The van der Waals surface area contributed by atoms with Crippen LogP contribution in [0.2, 0.25) is 5.02 Å². The van der Waals surface area contributed by atoms with E-state index in [1.807, 2.05) is 29.2 Å². The number of nitrogens with two attached hydrogens (primary N) is 1. The molecule has 1 aromatic rings. The average Bonchev–Trinajstić information content (AvgIpc) is 2.47. The predicted molar refractivity (Wildman–Crippen MR) is 87.7 cm³/mol. The van der Waals surface area contributed by atoms with Crippen molar-refractivity contribution in [3.63, 3.8) is 0 Å². The van der Waals surface area contributed by atoms with Crippen molar-refractivity contribution >= 4 is 23.2 Å². The number of anilines is 1. The Morgan fingerprint density at radius 1 is 1.19 bits per heavy atom. The summed E-state index contributed by atoms with van der Waals surface area (Å²) >= 11 is 5.91. The summed E-state index contributed by atoms with van der Waals surface area (Å²) in [4.78, 5) is 16.4. The largest absolute Gasteiger partial charge is 0.368 e. The number of halogens is 1. The highest BCUT2D eigenvalue weighted by Crippen LogP contribution is 2.19. The maximum Gasteiger partial charge on any atom is 0.239 e. The second kappa shape index (κ2) is 7.14. The van der Waals surface area contributed by atoms with Crippen LogP contribution in [0, 0.1) is 5.92 Å². The minimum atomic E-state index is -0.368. The van der Waals surface area contributed by atoms with Crippen molar-refractivity contribution in [2.75, 3.05) is 31.1 Å². The predicted octanol–water partition coefficient (Wildman–Crippen LogP) is 2.36. The number of carbonyl (C=O) groups is 1. The Bertz CT molecular complexity index is 467. The normalized spacial score (nSPS) is 17.2. The fraction of sp³-hybridized carbons (Fsp3) is 0.562. The van der Waals surface area contributed by atoms with Crippen molar-refractivity contribution in [1.82, 2.24) is 4.90 Å². The number of hydrogen-bond donors (Lipinski definition) is 1. The van der Waals surface area contributed by atoms with Crippen molar-refractivity contribution < 1.29 is 4.79 Å². The molecule has 2 rings (SSSR count). The first-order valence-electron chi connectivity index (χ1n) is 7.52. The molecule has 21 heavy (non-hydrogen) atoms. The van der Waals surface area contributed by atoms with Crippen LogP contribution in [-0.4, -0.2) is 43.0 Å². The van der Waals surface area contributed by atoms with Crippen LogP contribution in [0.4, 0.5) is 5.69 Å². The van der Waals surface area contributed by atoms with E-state index in [9.17, 15) is 4.79 Å². The fourth-order valence-electron chi connectivity index (χ4n) is 2.68. The summed E-state index contributed by atoms with van der Waals surface area (Å²) in [6, 6.07) is 7.46. The zero-order valence-corrected chi connectivity index (χ0v) is 13.5. The van der Waals surface area contributed by atoms with E-state index in [2.05, 4.69) is 18.7 Å². The first-order valence-corrected chi connectivity index (χ1v) is 7.90. The third-order valence-corrected chi connectivity index (χ3v) is 4.08. The molecule has 5 heteroatoms. The lowest BCUT2D eigenvalue weighted by Gasteiger charge is -2.37. The van der Waals surface area contributed by atoms with E-state index >= 15 is 0 Å². The molecule has 4 nitrogen and oxygen atoms in total. The van der Waals surface area contributed by atoms with Crippen LogP contribution < -0.4 is 10.6 Å². The molecule has 0 radical (unpaired) electrons. The van der Waals surface area contributed by atoms with Gasteiger partial charge < -0.3 is 15.5 Å². The van der Waals surface area contributed by atoms with Crippen LogP contribution in [0.1, 0.15) is 20.3 Å². The standard InChI is InChI=1S/C16H24ClN3O/c1-12(2)11-15(18)16(21)20-9-7-19(8-10-20)14-5-3-13(17)4-6-14/h3-6,12,15H,7-11,18H2,1-2H3/t15-/m1/s1.